The van der Waals surface area contributed by atoms with E-state index in [9.17, 15) is 9.18 Å². The standard InChI is InChI=1S/C16H12FIN2O/c1-10-6-12(17)3-2-11(10)8-20-9-19-15-5-4-13(18)7-14(15)16(20)21/h2-7,9H,8H2,1H3. The molecule has 0 unspecified atom stereocenters. The molecule has 0 spiro atoms. The van der Waals surface area contributed by atoms with Gasteiger partial charge in [0.2, 0.25) is 0 Å². The summed E-state index contributed by atoms with van der Waals surface area (Å²) < 4.78 is 15.7. The fraction of sp³-hybridized carbons (Fsp3) is 0.125. The molecule has 0 fully saturated rings. The van der Waals surface area contributed by atoms with Crippen LogP contribution in [0.5, 0.6) is 0 Å². The molecule has 0 saturated carbocycles. The molecule has 0 radical (unpaired) electrons. The maximum absolute atomic E-state index is 13.1. The molecule has 0 atom stereocenters. The van der Waals surface area contributed by atoms with Crippen molar-refractivity contribution < 1.29 is 4.39 Å². The molecule has 0 N–H and O–H groups in total. The molecule has 5 heteroatoms. The highest BCUT2D eigenvalue weighted by Gasteiger charge is 2.07. The van der Waals surface area contributed by atoms with Gasteiger partial charge in [0.05, 0.1) is 23.8 Å². The number of hydrogen-bond donors (Lipinski definition) is 0. The fourth-order valence-corrected chi connectivity index (χ4v) is 2.76. The Morgan fingerprint density at radius 1 is 1.24 bits per heavy atom. The normalized spacial score (nSPS) is 11.0. The van der Waals surface area contributed by atoms with Crippen molar-refractivity contribution in [2.45, 2.75) is 13.5 Å². The molecule has 0 bridgehead atoms. The van der Waals surface area contributed by atoms with Crippen molar-refractivity contribution in [3.63, 3.8) is 0 Å². The Hall–Kier alpha value is -1.76. The van der Waals surface area contributed by atoms with Gasteiger partial charge in [-0.05, 0) is 71.0 Å². The SMILES string of the molecule is Cc1cc(F)ccc1Cn1cnc2ccc(I)cc2c1=O. The average molecular weight is 394 g/mol. The Morgan fingerprint density at radius 2 is 2.05 bits per heavy atom. The first-order valence-corrected chi connectivity index (χ1v) is 7.52. The minimum atomic E-state index is -0.269. The summed E-state index contributed by atoms with van der Waals surface area (Å²) in [5, 5.41) is 0.601. The van der Waals surface area contributed by atoms with Crippen LogP contribution in [0.4, 0.5) is 4.39 Å². The predicted octanol–water partition coefficient (Wildman–Crippen LogP) is 3.50. The van der Waals surface area contributed by atoms with Crippen molar-refractivity contribution in [3.8, 4) is 0 Å². The third-order valence-corrected chi connectivity index (χ3v) is 4.10. The Labute approximate surface area is 134 Å². The summed E-state index contributed by atoms with van der Waals surface area (Å²) in [4.78, 5) is 16.8. The minimum absolute atomic E-state index is 0.0813. The average Bonchev–Trinajstić information content (AvgIpc) is 2.45. The molecule has 3 aromatic rings. The Bertz CT molecular complexity index is 889. The first-order valence-electron chi connectivity index (χ1n) is 6.44. The largest absolute Gasteiger partial charge is 0.294 e. The third-order valence-electron chi connectivity index (χ3n) is 3.43. The molecule has 0 amide bonds. The number of fused-ring (bicyclic) bond motifs is 1. The third kappa shape index (κ3) is 2.83. The van der Waals surface area contributed by atoms with Crippen LogP contribution in [-0.4, -0.2) is 9.55 Å². The van der Waals surface area contributed by atoms with E-state index in [1.807, 2.05) is 25.1 Å². The van der Waals surface area contributed by atoms with Crippen LogP contribution in [0.3, 0.4) is 0 Å². The summed E-state index contributed by atoms with van der Waals surface area (Å²) in [5.74, 6) is -0.269. The lowest BCUT2D eigenvalue weighted by molar-refractivity contribution is 0.624. The van der Waals surface area contributed by atoms with E-state index >= 15 is 0 Å². The second-order valence-electron chi connectivity index (χ2n) is 4.91. The fourth-order valence-electron chi connectivity index (χ4n) is 2.26. The number of nitrogens with zero attached hydrogens (tertiary/aromatic N) is 2. The highest BCUT2D eigenvalue weighted by Crippen LogP contribution is 2.14. The molecule has 3 nitrogen and oxygen atoms in total. The zero-order valence-corrected chi connectivity index (χ0v) is 13.5. The van der Waals surface area contributed by atoms with E-state index in [0.717, 1.165) is 14.7 Å². The predicted molar refractivity (Wildman–Crippen MR) is 89.0 cm³/mol. The summed E-state index contributed by atoms with van der Waals surface area (Å²) in [5.41, 5.74) is 2.34. The number of halogens is 2. The van der Waals surface area contributed by atoms with Gasteiger partial charge < -0.3 is 0 Å². The first-order chi connectivity index (χ1) is 10.0. The van der Waals surface area contributed by atoms with Crippen molar-refractivity contribution in [2.75, 3.05) is 0 Å². The summed E-state index contributed by atoms with van der Waals surface area (Å²) in [6, 6.07) is 10.2. The lowest BCUT2D eigenvalue weighted by Crippen LogP contribution is -2.21. The molecule has 0 aliphatic carbocycles. The van der Waals surface area contributed by atoms with E-state index in [0.29, 0.717) is 17.4 Å². The van der Waals surface area contributed by atoms with Gasteiger partial charge in [-0.3, -0.25) is 9.36 Å². The maximum atomic E-state index is 13.1. The van der Waals surface area contributed by atoms with Crippen LogP contribution in [0.15, 0.2) is 47.5 Å². The van der Waals surface area contributed by atoms with Gasteiger partial charge in [-0.1, -0.05) is 6.07 Å². The van der Waals surface area contributed by atoms with Gasteiger partial charge in [-0.2, -0.15) is 0 Å². The number of aryl methyl sites for hydroxylation is 1. The van der Waals surface area contributed by atoms with Gasteiger partial charge in [0.15, 0.2) is 0 Å². The molecule has 0 saturated heterocycles. The Kier molecular flexibility index (Phi) is 3.75. The molecule has 106 valence electrons. The van der Waals surface area contributed by atoms with Gasteiger partial charge in [-0.15, -0.1) is 0 Å². The zero-order valence-electron chi connectivity index (χ0n) is 11.3. The summed E-state index contributed by atoms with van der Waals surface area (Å²) in [6.45, 7) is 2.22. The number of hydrogen-bond acceptors (Lipinski definition) is 2. The molecule has 2 aromatic carbocycles. The van der Waals surface area contributed by atoms with E-state index in [-0.39, 0.29) is 11.4 Å². The van der Waals surface area contributed by atoms with Gasteiger partial charge in [0.1, 0.15) is 5.82 Å². The quantitative estimate of drug-likeness (QED) is 0.624. The molecule has 1 aromatic heterocycles. The molecular formula is C16H12FIN2O. The van der Waals surface area contributed by atoms with Crippen molar-refractivity contribution >= 4 is 33.5 Å². The Balaban J connectivity index is 2.09. The van der Waals surface area contributed by atoms with Crippen molar-refractivity contribution in [2.24, 2.45) is 0 Å². The van der Waals surface area contributed by atoms with Crippen LogP contribution >= 0.6 is 22.6 Å². The second kappa shape index (κ2) is 5.55. The monoisotopic (exact) mass is 394 g/mol. The first kappa shape index (κ1) is 14.2. The lowest BCUT2D eigenvalue weighted by Gasteiger charge is -2.09. The van der Waals surface area contributed by atoms with Crippen LogP contribution in [-0.2, 0) is 6.54 Å². The molecule has 0 aliphatic rings. The lowest BCUT2D eigenvalue weighted by atomic mass is 10.1. The number of rotatable bonds is 2. The zero-order chi connectivity index (χ0) is 15.0. The summed E-state index contributed by atoms with van der Waals surface area (Å²) in [6.07, 6.45) is 1.54. The smallest absolute Gasteiger partial charge is 0.261 e. The summed E-state index contributed by atoms with van der Waals surface area (Å²) >= 11 is 2.17. The Morgan fingerprint density at radius 3 is 2.81 bits per heavy atom. The van der Waals surface area contributed by atoms with Gasteiger partial charge >= 0.3 is 0 Å². The molecule has 0 aliphatic heterocycles. The molecule has 21 heavy (non-hydrogen) atoms. The second-order valence-corrected chi connectivity index (χ2v) is 6.16. The maximum Gasteiger partial charge on any atom is 0.261 e. The van der Waals surface area contributed by atoms with Crippen LogP contribution in [0, 0.1) is 16.3 Å². The van der Waals surface area contributed by atoms with Gasteiger partial charge in [0, 0.05) is 3.57 Å². The van der Waals surface area contributed by atoms with E-state index < -0.39 is 0 Å². The van der Waals surface area contributed by atoms with E-state index in [1.165, 1.54) is 12.1 Å². The van der Waals surface area contributed by atoms with Crippen molar-refractivity contribution in [1.29, 1.82) is 0 Å². The molecule has 1 heterocycles. The van der Waals surface area contributed by atoms with Crippen LogP contribution in [0.2, 0.25) is 0 Å². The number of benzene rings is 2. The highest BCUT2D eigenvalue weighted by molar-refractivity contribution is 14.1. The molecule has 3 rings (SSSR count). The van der Waals surface area contributed by atoms with Crippen molar-refractivity contribution in [3.05, 3.63) is 73.6 Å². The summed E-state index contributed by atoms with van der Waals surface area (Å²) in [7, 11) is 0. The van der Waals surface area contributed by atoms with Crippen LogP contribution < -0.4 is 5.56 Å². The van der Waals surface area contributed by atoms with Crippen molar-refractivity contribution in [1.82, 2.24) is 9.55 Å². The van der Waals surface area contributed by atoms with Crippen LogP contribution in [0.1, 0.15) is 11.1 Å². The van der Waals surface area contributed by atoms with E-state index in [1.54, 1.807) is 17.0 Å². The van der Waals surface area contributed by atoms with E-state index in [2.05, 4.69) is 27.6 Å². The topological polar surface area (TPSA) is 34.9 Å². The van der Waals surface area contributed by atoms with Gasteiger partial charge in [0.25, 0.3) is 5.56 Å². The number of aromatic nitrogens is 2. The van der Waals surface area contributed by atoms with Gasteiger partial charge in [-0.25, -0.2) is 9.37 Å². The molecular weight excluding hydrogens is 382 g/mol. The minimum Gasteiger partial charge on any atom is -0.294 e. The highest BCUT2D eigenvalue weighted by atomic mass is 127. The van der Waals surface area contributed by atoms with Crippen LogP contribution in [0.25, 0.3) is 10.9 Å². The van der Waals surface area contributed by atoms with E-state index in [4.69, 9.17) is 0 Å².